The van der Waals surface area contributed by atoms with Crippen LogP contribution in [0.3, 0.4) is 0 Å². The molecule has 6 heteroatoms. The number of amides is 1. The van der Waals surface area contributed by atoms with E-state index in [0.717, 1.165) is 4.88 Å². The van der Waals surface area contributed by atoms with E-state index in [-0.39, 0.29) is 11.7 Å². The molecule has 18 heavy (non-hydrogen) atoms. The standard InChI is InChI=1S/C12H11FN2OS2/c13-9-3-1-2-4-10(9)17-7-8-5-6-11(18-8)12(16)15-14/h1-6H,7,14H2,(H,15,16). The Morgan fingerprint density at radius 1 is 1.33 bits per heavy atom. The number of hydrogen-bond acceptors (Lipinski definition) is 4. The Morgan fingerprint density at radius 2 is 2.11 bits per heavy atom. The lowest BCUT2D eigenvalue weighted by molar-refractivity contribution is 0.0957. The number of hydrazine groups is 1. The van der Waals surface area contributed by atoms with Gasteiger partial charge in [0.25, 0.3) is 5.91 Å². The number of carbonyl (C=O) groups is 1. The number of benzene rings is 1. The number of thiophene rings is 1. The molecule has 2 rings (SSSR count). The maximum absolute atomic E-state index is 13.4. The summed E-state index contributed by atoms with van der Waals surface area (Å²) in [6, 6.07) is 10.2. The van der Waals surface area contributed by atoms with E-state index in [0.29, 0.717) is 15.5 Å². The summed E-state index contributed by atoms with van der Waals surface area (Å²) in [5.74, 6) is 5.15. The topological polar surface area (TPSA) is 55.1 Å². The molecule has 0 aliphatic heterocycles. The van der Waals surface area contributed by atoms with E-state index in [1.165, 1.54) is 29.2 Å². The van der Waals surface area contributed by atoms with Crippen LogP contribution in [0.4, 0.5) is 4.39 Å². The number of rotatable bonds is 4. The van der Waals surface area contributed by atoms with Crippen LogP contribution in [0.25, 0.3) is 0 Å². The van der Waals surface area contributed by atoms with Crippen molar-refractivity contribution in [3.8, 4) is 0 Å². The minimum atomic E-state index is -0.304. The second kappa shape index (κ2) is 5.99. The Balaban J connectivity index is 2.01. The fourth-order valence-electron chi connectivity index (χ4n) is 1.36. The lowest BCUT2D eigenvalue weighted by Gasteiger charge is -2.00. The van der Waals surface area contributed by atoms with Gasteiger partial charge in [-0.15, -0.1) is 23.1 Å². The summed E-state index contributed by atoms with van der Waals surface area (Å²) in [6.45, 7) is 0. The van der Waals surface area contributed by atoms with Crippen molar-refractivity contribution in [2.24, 2.45) is 5.84 Å². The zero-order valence-corrected chi connectivity index (χ0v) is 11.0. The van der Waals surface area contributed by atoms with Crippen molar-refractivity contribution in [2.75, 3.05) is 0 Å². The first-order valence-electron chi connectivity index (χ1n) is 5.17. The third kappa shape index (κ3) is 3.10. The van der Waals surface area contributed by atoms with Crippen LogP contribution in [0.1, 0.15) is 14.5 Å². The van der Waals surface area contributed by atoms with Gasteiger partial charge in [-0.05, 0) is 24.3 Å². The summed E-state index contributed by atoms with van der Waals surface area (Å²) in [6.07, 6.45) is 0. The van der Waals surface area contributed by atoms with Crippen molar-refractivity contribution in [3.63, 3.8) is 0 Å². The molecule has 1 amide bonds. The van der Waals surface area contributed by atoms with Crippen LogP contribution in [-0.2, 0) is 5.75 Å². The zero-order valence-electron chi connectivity index (χ0n) is 9.35. The Labute approximate surface area is 112 Å². The van der Waals surface area contributed by atoms with Crippen molar-refractivity contribution in [2.45, 2.75) is 10.6 Å². The highest BCUT2D eigenvalue weighted by Crippen LogP contribution is 2.28. The molecule has 0 spiro atoms. The summed E-state index contributed by atoms with van der Waals surface area (Å²) in [7, 11) is 0. The summed E-state index contributed by atoms with van der Waals surface area (Å²) < 4.78 is 13.4. The number of hydrogen-bond donors (Lipinski definition) is 2. The first-order chi connectivity index (χ1) is 8.70. The lowest BCUT2D eigenvalue weighted by Crippen LogP contribution is -2.29. The van der Waals surface area contributed by atoms with Crippen molar-refractivity contribution >= 4 is 29.0 Å². The molecule has 0 saturated carbocycles. The first kappa shape index (κ1) is 13.1. The smallest absolute Gasteiger partial charge is 0.275 e. The van der Waals surface area contributed by atoms with Gasteiger partial charge in [0.05, 0.1) is 4.88 Å². The second-order valence-corrected chi connectivity index (χ2v) is 5.64. The molecular formula is C12H11FN2OS2. The predicted octanol–water partition coefficient (Wildman–Crippen LogP) is 2.78. The Morgan fingerprint density at radius 3 is 2.83 bits per heavy atom. The largest absolute Gasteiger partial charge is 0.289 e. The molecule has 0 atom stereocenters. The molecule has 0 bridgehead atoms. The van der Waals surface area contributed by atoms with Crippen molar-refractivity contribution in [3.05, 3.63) is 52.0 Å². The van der Waals surface area contributed by atoms with Gasteiger partial charge >= 0.3 is 0 Å². The molecule has 3 N–H and O–H groups in total. The Kier molecular flexibility index (Phi) is 4.35. The monoisotopic (exact) mass is 282 g/mol. The lowest BCUT2D eigenvalue weighted by atomic mass is 10.3. The zero-order chi connectivity index (χ0) is 13.0. The number of halogens is 1. The van der Waals surface area contributed by atoms with E-state index in [1.807, 2.05) is 6.07 Å². The molecule has 0 aliphatic carbocycles. The van der Waals surface area contributed by atoms with E-state index >= 15 is 0 Å². The van der Waals surface area contributed by atoms with Gasteiger partial charge < -0.3 is 0 Å². The third-order valence-corrected chi connectivity index (χ3v) is 4.59. The average Bonchev–Trinajstić information content (AvgIpc) is 2.86. The maximum atomic E-state index is 13.4. The van der Waals surface area contributed by atoms with Crippen LogP contribution in [0.15, 0.2) is 41.3 Å². The van der Waals surface area contributed by atoms with Gasteiger partial charge in [0.1, 0.15) is 5.82 Å². The summed E-state index contributed by atoms with van der Waals surface area (Å²) >= 11 is 2.76. The van der Waals surface area contributed by atoms with Crippen LogP contribution >= 0.6 is 23.1 Å². The predicted molar refractivity (Wildman–Crippen MR) is 71.9 cm³/mol. The van der Waals surface area contributed by atoms with Crippen molar-refractivity contribution < 1.29 is 9.18 Å². The van der Waals surface area contributed by atoms with Gasteiger partial charge in [-0.2, -0.15) is 0 Å². The number of nitrogens with one attached hydrogen (secondary N) is 1. The Hall–Kier alpha value is -1.37. The van der Waals surface area contributed by atoms with Gasteiger partial charge in [-0.1, -0.05) is 12.1 Å². The normalized spacial score (nSPS) is 10.3. The van der Waals surface area contributed by atoms with E-state index in [4.69, 9.17) is 5.84 Å². The molecule has 2 aromatic rings. The average molecular weight is 282 g/mol. The molecule has 1 aromatic carbocycles. The van der Waals surface area contributed by atoms with Crippen molar-refractivity contribution in [1.29, 1.82) is 0 Å². The molecule has 1 heterocycles. The quantitative estimate of drug-likeness (QED) is 0.392. The first-order valence-corrected chi connectivity index (χ1v) is 6.98. The molecule has 0 radical (unpaired) electrons. The fraction of sp³-hybridized carbons (Fsp3) is 0.0833. The van der Waals surface area contributed by atoms with Gasteiger partial charge in [0, 0.05) is 15.5 Å². The molecular weight excluding hydrogens is 271 g/mol. The fourth-order valence-corrected chi connectivity index (χ4v) is 3.25. The minimum Gasteiger partial charge on any atom is -0.289 e. The number of nitrogens with two attached hydrogens (primary N) is 1. The summed E-state index contributed by atoms with van der Waals surface area (Å²) in [5.41, 5.74) is 2.08. The van der Waals surface area contributed by atoms with Gasteiger partial charge in [-0.3, -0.25) is 10.2 Å². The number of carbonyl (C=O) groups excluding carboxylic acids is 1. The SMILES string of the molecule is NNC(=O)c1ccc(CSc2ccccc2F)s1. The highest BCUT2D eigenvalue weighted by atomic mass is 32.2. The molecule has 0 aliphatic rings. The van der Waals surface area contributed by atoms with E-state index in [9.17, 15) is 9.18 Å². The second-order valence-electron chi connectivity index (χ2n) is 3.46. The number of thioether (sulfide) groups is 1. The molecule has 0 fully saturated rings. The highest BCUT2D eigenvalue weighted by Gasteiger charge is 2.08. The molecule has 0 unspecified atom stereocenters. The molecule has 0 saturated heterocycles. The van der Waals surface area contributed by atoms with Crippen LogP contribution < -0.4 is 11.3 Å². The minimum absolute atomic E-state index is 0.223. The van der Waals surface area contributed by atoms with E-state index < -0.39 is 0 Å². The molecule has 3 nitrogen and oxygen atoms in total. The number of nitrogen functional groups attached to an aromatic ring is 1. The van der Waals surface area contributed by atoms with Crippen LogP contribution in [0.2, 0.25) is 0 Å². The molecule has 1 aromatic heterocycles. The van der Waals surface area contributed by atoms with Gasteiger partial charge in [0.2, 0.25) is 0 Å². The maximum Gasteiger partial charge on any atom is 0.275 e. The van der Waals surface area contributed by atoms with Crippen LogP contribution in [0.5, 0.6) is 0 Å². The molecule has 94 valence electrons. The third-order valence-electron chi connectivity index (χ3n) is 2.22. The van der Waals surface area contributed by atoms with Crippen LogP contribution in [-0.4, -0.2) is 5.91 Å². The highest BCUT2D eigenvalue weighted by molar-refractivity contribution is 7.98. The van der Waals surface area contributed by atoms with Gasteiger partial charge in [0.15, 0.2) is 0 Å². The van der Waals surface area contributed by atoms with Gasteiger partial charge in [-0.25, -0.2) is 10.2 Å². The van der Waals surface area contributed by atoms with E-state index in [1.54, 1.807) is 24.3 Å². The summed E-state index contributed by atoms with van der Waals surface area (Å²) in [4.78, 5) is 13.4. The Bertz CT molecular complexity index is 557. The van der Waals surface area contributed by atoms with Crippen molar-refractivity contribution in [1.82, 2.24) is 5.43 Å². The summed E-state index contributed by atoms with van der Waals surface area (Å²) in [5, 5.41) is 0. The van der Waals surface area contributed by atoms with E-state index in [2.05, 4.69) is 5.43 Å². The van der Waals surface area contributed by atoms with Crippen LogP contribution in [0, 0.1) is 5.82 Å².